The summed E-state index contributed by atoms with van der Waals surface area (Å²) in [5.41, 5.74) is 5.06. The normalized spacial score (nSPS) is 19.3. The number of amides is 3. The highest BCUT2D eigenvalue weighted by atomic mass is 16.5. The van der Waals surface area contributed by atoms with Gasteiger partial charge >= 0.3 is 5.97 Å². The summed E-state index contributed by atoms with van der Waals surface area (Å²) < 4.78 is 11.1. The number of fused-ring (bicyclic) bond motifs is 1. The van der Waals surface area contributed by atoms with E-state index in [1.165, 1.54) is 19.8 Å². The molecule has 2 atom stereocenters. The number of anilines is 1. The zero-order valence-electron chi connectivity index (χ0n) is 28.3. The third kappa shape index (κ3) is 5.59. The number of carboxylic acid groups (broad SMARTS) is 1. The molecule has 11 nitrogen and oxygen atoms in total. The van der Waals surface area contributed by atoms with Gasteiger partial charge in [0.2, 0.25) is 5.91 Å². The van der Waals surface area contributed by atoms with Gasteiger partial charge in [-0.3, -0.25) is 29.0 Å². The SMILES string of the molecule is COc1ccc(C(CCC(N)=O)(N2C(=O)c3cccc(N4CCN(C(C)c5ccccc5)CC4)c3C2=O)C2(C(=O)O)CCCC2)cc1OC. The van der Waals surface area contributed by atoms with Gasteiger partial charge in [-0.15, -0.1) is 0 Å². The highest BCUT2D eigenvalue weighted by Gasteiger charge is 2.65. The summed E-state index contributed by atoms with van der Waals surface area (Å²) in [5, 5.41) is 11.1. The molecule has 3 amide bonds. The Hall–Kier alpha value is -4.90. The van der Waals surface area contributed by atoms with Gasteiger partial charge < -0.3 is 25.2 Å². The second-order valence-corrected chi connectivity index (χ2v) is 13.2. The van der Waals surface area contributed by atoms with Crippen molar-refractivity contribution in [2.75, 3.05) is 45.3 Å². The van der Waals surface area contributed by atoms with Crippen LogP contribution in [-0.4, -0.2) is 79.0 Å². The number of primary amides is 1. The van der Waals surface area contributed by atoms with E-state index in [1.54, 1.807) is 30.3 Å². The van der Waals surface area contributed by atoms with Crippen molar-refractivity contribution in [3.63, 3.8) is 0 Å². The standard InChI is InChI=1S/C38H44N4O7/c1-25(26-10-5-4-6-11-26)40-20-22-41(23-21-40)29-13-9-12-28-33(29)35(45)42(34(28)44)38(19-16-32(39)43,37(36(46)47)17-7-8-18-37)27-14-15-30(48-2)31(24-27)49-3/h4-6,9-15,24-25H,7-8,16-23H2,1-3H3,(H2,39,43)(H,46,47). The molecule has 2 aliphatic heterocycles. The van der Waals surface area contributed by atoms with Gasteiger partial charge in [-0.25, -0.2) is 0 Å². The molecule has 3 N–H and O–H groups in total. The zero-order chi connectivity index (χ0) is 34.9. The van der Waals surface area contributed by atoms with E-state index in [2.05, 4.69) is 28.9 Å². The molecule has 49 heavy (non-hydrogen) atoms. The topological polar surface area (TPSA) is 143 Å². The van der Waals surface area contributed by atoms with Crippen molar-refractivity contribution in [2.45, 2.75) is 57.0 Å². The molecule has 258 valence electrons. The van der Waals surface area contributed by atoms with Crippen LogP contribution in [0.4, 0.5) is 5.69 Å². The van der Waals surface area contributed by atoms with Crippen molar-refractivity contribution in [3.8, 4) is 11.5 Å². The van der Waals surface area contributed by atoms with Crippen LogP contribution in [-0.2, 0) is 15.1 Å². The van der Waals surface area contributed by atoms with E-state index in [-0.39, 0.29) is 42.9 Å². The molecular weight excluding hydrogens is 624 g/mol. The van der Waals surface area contributed by atoms with E-state index in [0.29, 0.717) is 48.7 Å². The maximum atomic E-state index is 15.0. The minimum absolute atomic E-state index is 0.166. The molecule has 0 radical (unpaired) electrons. The van der Waals surface area contributed by atoms with E-state index >= 15 is 0 Å². The second-order valence-electron chi connectivity index (χ2n) is 13.2. The number of benzene rings is 3. The lowest BCUT2D eigenvalue weighted by Crippen LogP contribution is -2.62. The number of carboxylic acids is 1. The Labute approximate surface area is 286 Å². The number of carbonyl (C=O) groups is 4. The van der Waals surface area contributed by atoms with Crippen molar-refractivity contribution in [3.05, 3.63) is 89.0 Å². The number of carbonyl (C=O) groups excluding carboxylic acids is 3. The first-order chi connectivity index (χ1) is 23.6. The summed E-state index contributed by atoms with van der Waals surface area (Å²) in [6, 6.07) is 20.7. The summed E-state index contributed by atoms with van der Waals surface area (Å²) in [6.45, 7) is 4.96. The number of ether oxygens (including phenoxy) is 2. The largest absolute Gasteiger partial charge is 0.493 e. The maximum absolute atomic E-state index is 15.0. The molecule has 2 unspecified atom stereocenters. The molecular formula is C38H44N4O7. The van der Waals surface area contributed by atoms with Crippen LogP contribution in [0, 0.1) is 5.41 Å². The predicted octanol–water partition coefficient (Wildman–Crippen LogP) is 4.99. The van der Waals surface area contributed by atoms with Crippen LogP contribution in [0.15, 0.2) is 66.7 Å². The molecule has 3 aliphatic rings. The summed E-state index contributed by atoms with van der Waals surface area (Å²) in [7, 11) is 2.95. The minimum atomic E-state index is -1.77. The Morgan fingerprint density at radius 1 is 0.898 bits per heavy atom. The van der Waals surface area contributed by atoms with Gasteiger partial charge in [0.25, 0.3) is 11.8 Å². The van der Waals surface area contributed by atoms with Crippen LogP contribution in [0.1, 0.15) is 83.3 Å². The fourth-order valence-electron chi connectivity index (χ4n) is 8.47. The van der Waals surface area contributed by atoms with Gasteiger partial charge in [0.05, 0.1) is 42.0 Å². The molecule has 3 aromatic rings. The van der Waals surface area contributed by atoms with Gasteiger partial charge in [-0.05, 0) is 61.6 Å². The van der Waals surface area contributed by atoms with Gasteiger partial charge in [0.1, 0.15) is 0 Å². The first-order valence-electron chi connectivity index (χ1n) is 16.9. The van der Waals surface area contributed by atoms with Crippen molar-refractivity contribution >= 4 is 29.4 Å². The fourth-order valence-corrected chi connectivity index (χ4v) is 8.47. The van der Waals surface area contributed by atoms with Crippen molar-refractivity contribution in [2.24, 2.45) is 11.1 Å². The zero-order valence-corrected chi connectivity index (χ0v) is 28.3. The summed E-state index contributed by atoms with van der Waals surface area (Å²) >= 11 is 0. The number of rotatable bonds is 12. The van der Waals surface area contributed by atoms with Crippen molar-refractivity contribution in [1.82, 2.24) is 9.80 Å². The lowest BCUT2D eigenvalue weighted by atomic mass is 9.61. The smallest absolute Gasteiger partial charge is 0.312 e. The predicted molar refractivity (Wildman–Crippen MR) is 184 cm³/mol. The number of aliphatic carboxylic acids is 1. The lowest BCUT2D eigenvalue weighted by Gasteiger charge is -2.51. The molecule has 1 aliphatic carbocycles. The fraction of sp³-hybridized carbons (Fsp3) is 0.421. The van der Waals surface area contributed by atoms with Crippen LogP contribution in [0.25, 0.3) is 0 Å². The quantitative estimate of drug-likeness (QED) is 0.255. The molecule has 11 heteroatoms. The monoisotopic (exact) mass is 668 g/mol. The Kier molecular flexibility index (Phi) is 9.39. The van der Waals surface area contributed by atoms with E-state index in [4.69, 9.17) is 15.2 Å². The van der Waals surface area contributed by atoms with Crippen molar-refractivity contribution in [1.29, 1.82) is 0 Å². The number of nitrogens with zero attached hydrogens (tertiary/aromatic N) is 3. The summed E-state index contributed by atoms with van der Waals surface area (Å²) in [4.78, 5) is 61.4. The van der Waals surface area contributed by atoms with Gasteiger partial charge in [-0.2, -0.15) is 0 Å². The van der Waals surface area contributed by atoms with Crippen LogP contribution >= 0.6 is 0 Å². The van der Waals surface area contributed by atoms with Gasteiger partial charge in [-0.1, -0.05) is 55.3 Å². The van der Waals surface area contributed by atoms with Crippen molar-refractivity contribution < 1.29 is 33.8 Å². The van der Waals surface area contributed by atoms with Crippen LogP contribution in [0.5, 0.6) is 11.5 Å². The van der Waals surface area contributed by atoms with Gasteiger partial charge in [0.15, 0.2) is 11.5 Å². The number of hydrogen-bond acceptors (Lipinski definition) is 8. The first-order valence-corrected chi connectivity index (χ1v) is 16.9. The molecule has 3 aromatic carbocycles. The van der Waals surface area contributed by atoms with E-state index in [9.17, 15) is 24.3 Å². The Morgan fingerprint density at radius 2 is 1.57 bits per heavy atom. The molecule has 1 saturated heterocycles. The molecule has 2 heterocycles. The average Bonchev–Trinajstić information content (AvgIpc) is 3.73. The number of hydrogen-bond donors (Lipinski definition) is 2. The Balaban J connectivity index is 1.45. The van der Waals surface area contributed by atoms with Crippen LogP contribution in [0.2, 0.25) is 0 Å². The maximum Gasteiger partial charge on any atom is 0.312 e. The highest BCUT2D eigenvalue weighted by Crippen LogP contribution is 2.59. The molecule has 0 spiro atoms. The van der Waals surface area contributed by atoms with Crippen LogP contribution in [0.3, 0.4) is 0 Å². The second kappa shape index (κ2) is 13.5. The Morgan fingerprint density at radius 3 is 2.18 bits per heavy atom. The molecule has 2 fully saturated rings. The molecule has 1 saturated carbocycles. The minimum Gasteiger partial charge on any atom is -0.493 e. The third-order valence-electron chi connectivity index (χ3n) is 11.0. The van der Waals surface area contributed by atoms with Gasteiger partial charge in [0, 0.05) is 38.6 Å². The molecule has 0 bridgehead atoms. The Bertz CT molecular complexity index is 1750. The number of piperazine rings is 1. The number of methoxy groups -OCH3 is 2. The van der Waals surface area contributed by atoms with E-state index < -0.39 is 34.6 Å². The average molecular weight is 669 g/mol. The lowest BCUT2D eigenvalue weighted by molar-refractivity contribution is -0.159. The number of nitrogens with two attached hydrogens (primary N) is 1. The van der Waals surface area contributed by atoms with Crippen LogP contribution < -0.4 is 20.1 Å². The molecule has 6 rings (SSSR count). The summed E-state index contributed by atoms with van der Waals surface area (Å²) in [6.07, 6.45) is 1.16. The third-order valence-corrected chi connectivity index (χ3v) is 11.0. The number of imide groups is 1. The highest BCUT2D eigenvalue weighted by molar-refractivity contribution is 6.24. The van der Waals surface area contributed by atoms with E-state index in [1.807, 2.05) is 24.3 Å². The first kappa shape index (κ1) is 34.0. The summed E-state index contributed by atoms with van der Waals surface area (Å²) in [5.74, 6) is -2.27. The molecule has 0 aromatic heterocycles. The van der Waals surface area contributed by atoms with E-state index in [0.717, 1.165) is 18.0 Å².